The molecule has 1 fully saturated rings. The topological polar surface area (TPSA) is 75.7 Å². The zero-order valence-electron chi connectivity index (χ0n) is 15.6. The third-order valence-corrected chi connectivity index (χ3v) is 6.63. The van der Waals surface area contributed by atoms with Crippen molar-refractivity contribution in [2.75, 3.05) is 31.6 Å². The summed E-state index contributed by atoms with van der Waals surface area (Å²) in [5.41, 5.74) is 1.11. The molecule has 150 valence electrons. The first kappa shape index (κ1) is 20.4. The van der Waals surface area contributed by atoms with Gasteiger partial charge in [-0.05, 0) is 30.2 Å². The van der Waals surface area contributed by atoms with Crippen molar-refractivity contribution in [1.82, 2.24) is 4.31 Å². The maximum Gasteiger partial charge on any atom is 0.246 e. The highest BCUT2D eigenvalue weighted by Gasteiger charge is 2.29. The SMILES string of the molecule is CC[C@H](C(=O)Nc1ccc(F)c(S(=O)(=O)N2CCOCC2)c1)c1ccccc1. The van der Waals surface area contributed by atoms with Crippen LogP contribution in [0.3, 0.4) is 0 Å². The standard InChI is InChI=1S/C20H23FN2O4S/c1-2-17(15-6-4-3-5-7-15)20(24)22-16-8-9-18(21)19(14-16)28(25,26)23-10-12-27-13-11-23/h3-9,14,17H,2,10-13H2,1H3,(H,22,24)/t17-/m0/s1. The Morgan fingerprint density at radius 3 is 2.50 bits per heavy atom. The molecule has 1 aliphatic heterocycles. The van der Waals surface area contributed by atoms with Gasteiger partial charge < -0.3 is 10.1 Å². The molecule has 2 aromatic carbocycles. The Hall–Kier alpha value is -2.29. The Morgan fingerprint density at radius 1 is 1.18 bits per heavy atom. The van der Waals surface area contributed by atoms with E-state index in [9.17, 15) is 17.6 Å². The van der Waals surface area contributed by atoms with Crippen LogP contribution in [0, 0.1) is 5.82 Å². The van der Waals surface area contributed by atoms with E-state index in [1.165, 1.54) is 16.4 Å². The van der Waals surface area contributed by atoms with Crippen molar-refractivity contribution in [2.24, 2.45) is 0 Å². The third kappa shape index (κ3) is 4.40. The highest BCUT2D eigenvalue weighted by atomic mass is 32.2. The van der Waals surface area contributed by atoms with Gasteiger partial charge in [0.2, 0.25) is 15.9 Å². The van der Waals surface area contributed by atoms with Crippen LogP contribution in [-0.4, -0.2) is 44.9 Å². The van der Waals surface area contributed by atoms with Gasteiger partial charge in [-0.2, -0.15) is 4.31 Å². The molecule has 1 heterocycles. The number of hydrogen-bond donors (Lipinski definition) is 1. The Kier molecular flexibility index (Phi) is 6.43. The third-order valence-electron chi connectivity index (χ3n) is 4.71. The van der Waals surface area contributed by atoms with Crippen molar-refractivity contribution < 1.29 is 22.3 Å². The lowest BCUT2D eigenvalue weighted by atomic mass is 9.95. The largest absolute Gasteiger partial charge is 0.379 e. The fourth-order valence-electron chi connectivity index (χ4n) is 3.19. The highest BCUT2D eigenvalue weighted by Crippen LogP contribution is 2.26. The van der Waals surface area contributed by atoms with Crippen molar-refractivity contribution in [3.05, 3.63) is 59.9 Å². The Labute approximate surface area is 164 Å². The second kappa shape index (κ2) is 8.81. The number of carbonyl (C=O) groups is 1. The molecule has 0 unspecified atom stereocenters. The van der Waals surface area contributed by atoms with E-state index >= 15 is 0 Å². The average Bonchev–Trinajstić information content (AvgIpc) is 2.71. The number of ether oxygens (including phenoxy) is 1. The van der Waals surface area contributed by atoms with Crippen molar-refractivity contribution in [1.29, 1.82) is 0 Å². The van der Waals surface area contributed by atoms with Crippen LogP contribution in [0.1, 0.15) is 24.8 Å². The van der Waals surface area contributed by atoms with E-state index in [1.54, 1.807) is 0 Å². The summed E-state index contributed by atoms with van der Waals surface area (Å²) in [6.45, 7) is 2.78. The molecular weight excluding hydrogens is 383 g/mol. The number of rotatable bonds is 6. The first-order valence-electron chi connectivity index (χ1n) is 9.16. The maximum absolute atomic E-state index is 14.3. The van der Waals surface area contributed by atoms with Crippen molar-refractivity contribution in [3.63, 3.8) is 0 Å². The first-order chi connectivity index (χ1) is 13.4. The Bertz CT molecular complexity index is 928. The number of nitrogens with zero attached hydrogens (tertiary/aromatic N) is 1. The molecule has 1 amide bonds. The van der Waals surface area contributed by atoms with E-state index in [1.807, 2.05) is 37.3 Å². The van der Waals surface area contributed by atoms with Crippen LogP contribution in [0.2, 0.25) is 0 Å². The fraction of sp³-hybridized carbons (Fsp3) is 0.350. The van der Waals surface area contributed by atoms with Gasteiger partial charge in [0, 0.05) is 18.8 Å². The van der Waals surface area contributed by atoms with Crippen LogP contribution < -0.4 is 5.32 Å². The molecule has 1 aliphatic rings. The summed E-state index contributed by atoms with van der Waals surface area (Å²) in [4.78, 5) is 12.3. The van der Waals surface area contributed by atoms with E-state index in [-0.39, 0.29) is 43.8 Å². The number of anilines is 1. The van der Waals surface area contributed by atoms with Gasteiger partial charge in [-0.15, -0.1) is 0 Å². The lowest BCUT2D eigenvalue weighted by Crippen LogP contribution is -2.40. The van der Waals surface area contributed by atoms with Crippen molar-refractivity contribution >= 4 is 21.6 Å². The summed E-state index contributed by atoms with van der Waals surface area (Å²) < 4.78 is 46.2. The smallest absolute Gasteiger partial charge is 0.246 e. The minimum absolute atomic E-state index is 0.171. The van der Waals surface area contributed by atoms with Gasteiger partial charge in [0.05, 0.1) is 19.1 Å². The number of halogens is 1. The molecule has 28 heavy (non-hydrogen) atoms. The zero-order valence-corrected chi connectivity index (χ0v) is 16.4. The summed E-state index contributed by atoms with van der Waals surface area (Å²) >= 11 is 0. The van der Waals surface area contributed by atoms with Gasteiger partial charge in [-0.1, -0.05) is 37.3 Å². The van der Waals surface area contributed by atoms with Crippen LogP contribution in [0.5, 0.6) is 0 Å². The van der Waals surface area contributed by atoms with E-state index < -0.39 is 20.7 Å². The predicted octanol–water partition coefficient (Wildman–Crippen LogP) is 2.98. The molecule has 8 heteroatoms. The number of hydrogen-bond acceptors (Lipinski definition) is 4. The van der Waals surface area contributed by atoms with Gasteiger partial charge in [0.25, 0.3) is 0 Å². The molecule has 0 aromatic heterocycles. The second-order valence-corrected chi connectivity index (χ2v) is 8.43. The Balaban J connectivity index is 1.84. The summed E-state index contributed by atoms with van der Waals surface area (Å²) in [5.74, 6) is -1.50. The number of sulfonamides is 1. The molecular formula is C20H23FN2O4S. The Morgan fingerprint density at radius 2 is 1.86 bits per heavy atom. The van der Waals surface area contributed by atoms with E-state index in [4.69, 9.17) is 4.74 Å². The lowest BCUT2D eigenvalue weighted by molar-refractivity contribution is -0.117. The van der Waals surface area contributed by atoms with Crippen molar-refractivity contribution in [2.45, 2.75) is 24.2 Å². The molecule has 0 bridgehead atoms. The molecule has 1 saturated heterocycles. The fourth-order valence-corrected chi connectivity index (χ4v) is 4.69. The molecule has 0 spiro atoms. The summed E-state index contributed by atoms with van der Waals surface area (Å²) in [5, 5.41) is 2.72. The highest BCUT2D eigenvalue weighted by molar-refractivity contribution is 7.89. The number of carbonyl (C=O) groups excluding carboxylic acids is 1. The van der Waals surface area contributed by atoms with Gasteiger partial charge in [-0.3, -0.25) is 4.79 Å². The summed E-state index contributed by atoms with van der Waals surface area (Å²) in [6.07, 6.45) is 0.579. The minimum Gasteiger partial charge on any atom is -0.379 e. The van der Waals surface area contributed by atoms with Crippen molar-refractivity contribution in [3.8, 4) is 0 Å². The average molecular weight is 406 g/mol. The summed E-state index contributed by atoms with van der Waals surface area (Å²) in [6, 6.07) is 12.9. The van der Waals surface area contributed by atoms with Crippen LogP contribution >= 0.6 is 0 Å². The number of amides is 1. The molecule has 0 radical (unpaired) electrons. The molecule has 1 atom stereocenters. The van der Waals surface area contributed by atoms with Crippen LogP contribution in [-0.2, 0) is 19.6 Å². The monoisotopic (exact) mass is 406 g/mol. The van der Waals surface area contributed by atoms with E-state index in [2.05, 4.69) is 5.32 Å². The normalized spacial score (nSPS) is 16.5. The van der Waals surface area contributed by atoms with E-state index in [0.717, 1.165) is 11.6 Å². The predicted molar refractivity (Wildman–Crippen MR) is 104 cm³/mol. The van der Waals surface area contributed by atoms with Gasteiger partial charge in [-0.25, -0.2) is 12.8 Å². The number of morpholine rings is 1. The van der Waals surface area contributed by atoms with Crippen LogP contribution in [0.4, 0.5) is 10.1 Å². The molecule has 0 saturated carbocycles. The molecule has 0 aliphatic carbocycles. The van der Waals surface area contributed by atoms with Gasteiger partial charge in [0.1, 0.15) is 10.7 Å². The molecule has 3 rings (SSSR count). The zero-order chi connectivity index (χ0) is 20.1. The van der Waals surface area contributed by atoms with Crippen LogP contribution in [0.25, 0.3) is 0 Å². The van der Waals surface area contributed by atoms with Crippen LogP contribution in [0.15, 0.2) is 53.4 Å². The number of nitrogens with one attached hydrogen (secondary N) is 1. The minimum atomic E-state index is -4.00. The summed E-state index contributed by atoms with van der Waals surface area (Å²) in [7, 11) is -4.00. The first-order valence-corrected chi connectivity index (χ1v) is 10.6. The number of benzene rings is 2. The van der Waals surface area contributed by atoms with E-state index in [0.29, 0.717) is 6.42 Å². The molecule has 6 nitrogen and oxygen atoms in total. The lowest BCUT2D eigenvalue weighted by Gasteiger charge is -2.26. The quantitative estimate of drug-likeness (QED) is 0.800. The molecule has 2 aromatic rings. The molecule has 1 N–H and O–H groups in total. The van der Waals surface area contributed by atoms with Gasteiger partial charge in [0.15, 0.2) is 0 Å². The van der Waals surface area contributed by atoms with Gasteiger partial charge >= 0.3 is 0 Å². The second-order valence-electron chi connectivity index (χ2n) is 6.52. The maximum atomic E-state index is 14.3.